The smallest absolute Gasteiger partial charge is 0.323 e. The third-order valence-electron chi connectivity index (χ3n) is 2.14. The van der Waals surface area contributed by atoms with Crippen LogP contribution in [0.5, 0.6) is 0 Å². The Labute approximate surface area is 83.6 Å². The number of esters is 2. The van der Waals surface area contributed by atoms with Gasteiger partial charge >= 0.3 is 11.9 Å². The van der Waals surface area contributed by atoms with E-state index in [4.69, 9.17) is 9.47 Å². The third kappa shape index (κ3) is 2.05. The topological polar surface area (TPSA) is 52.6 Å². The number of ether oxygens (including phenoxy) is 2. The molecule has 4 heteroatoms. The summed E-state index contributed by atoms with van der Waals surface area (Å²) in [5, 5.41) is 0. The lowest BCUT2D eigenvalue weighted by Crippen LogP contribution is -2.38. The highest BCUT2D eigenvalue weighted by Gasteiger charge is 2.49. The van der Waals surface area contributed by atoms with Crippen molar-refractivity contribution in [3.8, 4) is 0 Å². The van der Waals surface area contributed by atoms with E-state index in [2.05, 4.69) is 0 Å². The minimum atomic E-state index is -1.10. The maximum absolute atomic E-state index is 11.7. The molecule has 0 aromatic rings. The molecule has 0 unspecified atom stereocenters. The molecule has 80 valence electrons. The average Bonchev–Trinajstić information content (AvgIpc) is 2.30. The zero-order valence-electron chi connectivity index (χ0n) is 9.05. The first-order valence-electron chi connectivity index (χ1n) is 4.66. The van der Waals surface area contributed by atoms with Gasteiger partial charge in [-0.05, 0) is 27.7 Å². The molecule has 0 aliphatic carbocycles. The van der Waals surface area contributed by atoms with Crippen molar-refractivity contribution in [3.05, 3.63) is 0 Å². The van der Waals surface area contributed by atoms with Crippen molar-refractivity contribution in [2.45, 2.75) is 39.7 Å². The molecule has 1 fully saturated rings. The van der Waals surface area contributed by atoms with Crippen LogP contribution in [0.25, 0.3) is 0 Å². The van der Waals surface area contributed by atoms with Crippen molar-refractivity contribution in [1.82, 2.24) is 0 Å². The molecule has 1 aliphatic rings. The van der Waals surface area contributed by atoms with Gasteiger partial charge in [0, 0.05) is 6.42 Å². The zero-order valence-corrected chi connectivity index (χ0v) is 9.05. The van der Waals surface area contributed by atoms with Gasteiger partial charge in [-0.25, -0.2) is 0 Å². The summed E-state index contributed by atoms with van der Waals surface area (Å²) in [5.74, 6) is -0.973. The van der Waals surface area contributed by atoms with Crippen LogP contribution in [0.4, 0.5) is 0 Å². The molecule has 0 N–H and O–H groups in total. The Morgan fingerprint density at radius 1 is 1.50 bits per heavy atom. The summed E-state index contributed by atoms with van der Waals surface area (Å²) in [5.41, 5.74) is -1.67. The third-order valence-corrected chi connectivity index (χ3v) is 2.14. The summed E-state index contributed by atoms with van der Waals surface area (Å²) in [6.45, 7) is 7.18. The van der Waals surface area contributed by atoms with Crippen LogP contribution >= 0.6 is 0 Å². The van der Waals surface area contributed by atoms with E-state index in [1.807, 2.05) is 0 Å². The van der Waals surface area contributed by atoms with E-state index in [0.717, 1.165) is 0 Å². The second-order valence-electron chi connectivity index (χ2n) is 4.72. The van der Waals surface area contributed by atoms with Gasteiger partial charge in [0.1, 0.15) is 5.60 Å². The molecule has 1 heterocycles. The molecule has 0 saturated carbocycles. The van der Waals surface area contributed by atoms with Crippen molar-refractivity contribution in [3.63, 3.8) is 0 Å². The molecule has 0 aromatic heterocycles. The highest BCUT2D eigenvalue weighted by atomic mass is 16.6. The Morgan fingerprint density at radius 2 is 2.07 bits per heavy atom. The molecule has 1 aliphatic heterocycles. The Morgan fingerprint density at radius 3 is 2.43 bits per heavy atom. The summed E-state index contributed by atoms with van der Waals surface area (Å²) in [6, 6.07) is 0. The van der Waals surface area contributed by atoms with Gasteiger partial charge in [-0.2, -0.15) is 0 Å². The first-order valence-corrected chi connectivity index (χ1v) is 4.66. The molecule has 4 nitrogen and oxygen atoms in total. The quantitative estimate of drug-likeness (QED) is 0.472. The minimum Gasteiger partial charge on any atom is -0.465 e. The van der Waals surface area contributed by atoms with Crippen LogP contribution in [0.1, 0.15) is 34.1 Å². The van der Waals surface area contributed by atoms with Gasteiger partial charge in [-0.3, -0.25) is 9.59 Å². The predicted octanol–water partition coefficient (Wildman–Crippen LogP) is 1.28. The van der Waals surface area contributed by atoms with Crippen LogP contribution in [0.15, 0.2) is 0 Å². The van der Waals surface area contributed by atoms with Crippen molar-refractivity contribution in [2.75, 3.05) is 6.61 Å². The highest BCUT2D eigenvalue weighted by Crippen LogP contribution is 2.32. The molecule has 1 atom stereocenters. The van der Waals surface area contributed by atoms with E-state index < -0.39 is 23.0 Å². The largest absolute Gasteiger partial charge is 0.465 e. The summed E-state index contributed by atoms with van der Waals surface area (Å²) in [6.07, 6.45) is 0.404. The normalized spacial score (nSPS) is 27.3. The number of hydrogen-bond donors (Lipinski definition) is 0. The van der Waals surface area contributed by atoms with E-state index >= 15 is 0 Å². The fraction of sp³-hybridized carbons (Fsp3) is 0.800. The number of cyclic esters (lactones) is 1. The lowest BCUT2D eigenvalue weighted by atomic mass is 9.89. The first kappa shape index (κ1) is 11.0. The SMILES string of the molecule is CC(C)(C)OC(=O)[C@@]1(C)CCOC1=O. The van der Waals surface area contributed by atoms with Gasteiger partial charge in [0.15, 0.2) is 5.41 Å². The van der Waals surface area contributed by atoms with Crippen molar-refractivity contribution in [1.29, 1.82) is 0 Å². The number of carbonyl (C=O) groups is 2. The fourth-order valence-electron chi connectivity index (χ4n) is 1.19. The van der Waals surface area contributed by atoms with Gasteiger partial charge < -0.3 is 9.47 Å². The van der Waals surface area contributed by atoms with Crippen molar-refractivity contribution in [2.24, 2.45) is 5.41 Å². The molecule has 0 amide bonds. The van der Waals surface area contributed by atoms with Crippen LogP contribution in [0.2, 0.25) is 0 Å². The molecular weight excluding hydrogens is 184 g/mol. The molecule has 0 spiro atoms. The first-order chi connectivity index (χ1) is 6.26. The maximum atomic E-state index is 11.7. The summed E-state index contributed by atoms with van der Waals surface area (Å²) in [4.78, 5) is 23.0. The van der Waals surface area contributed by atoms with Gasteiger partial charge in [-0.15, -0.1) is 0 Å². The van der Waals surface area contributed by atoms with E-state index in [1.54, 1.807) is 27.7 Å². The van der Waals surface area contributed by atoms with Gasteiger partial charge in [0.25, 0.3) is 0 Å². The van der Waals surface area contributed by atoms with E-state index in [1.165, 1.54) is 0 Å². The van der Waals surface area contributed by atoms with Gasteiger partial charge in [0.05, 0.1) is 6.61 Å². The van der Waals surface area contributed by atoms with Crippen LogP contribution in [-0.4, -0.2) is 24.1 Å². The Kier molecular flexibility index (Phi) is 2.56. The molecule has 0 radical (unpaired) electrons. The van der Waals surface area contributed by atoms with E-state index in [9.17, 15) is 9.59 Å². The average molecular weight is 200 g/mol. The molecule has 1 rings (SSSR count). The summed E-state index contributed by atoms with van der Waals surface area (Å²) < 4.78 is 9.92. The van der Waals surface area contributed by atoms with Crippen LogP contribution in [0, 0.1) is 5.41 Å². The summed E-state index contributed by atoms with van der Waals surface area (Å²) in [7, 11) is 0. The van der Waals surface area contributed by atoms with Gasteiger partial charge in [0.2, 0.25) is 0 Å². The molecule has 1 saturated heterocycles. The van der Waals surface area contributed by atoms with E-state index in [0.29, 0.717) is 13.0 Å². The number of hydrogen-bond acceptors (Lipinski definition) is 4. The molecule has 14 heavy (non-hydrogen) atoms. The van der Waals surface area contributed by atoms with Crippen LogP contribution in [0.3, 0.4) is 0 Å². The standard InChI is InChI=1S/C10H16O4/c1-9(2,3)14-8(12)10(4)5-6-13-7(10)11/h5-6H2,1-4H3/t10-/m0/s1. The minimum absolute atomic E-state index is 0.300. The molecule has 0 bridgehead atoms. The predicted molar refractivity (Wildman–Crippen MR) is 49.5 cm³/mol. The second kappa shape index (κ2) is 3.26. The van der Waals surface area contributed by atoms with E-state index in [-0.39, 0.29) is 0 Å². The zero-order chi connectivity index (χ0) is 11.0. The molecular formula is C10H16O4. The number of carbonyl (C=O) groups excluding carboxylic acids is 2. The maximum Gasteiger partial charge on any atom is 0.323 e. The monoisotopic (exact) mass is 200 g/mol. The van der Waals surface area contributed by atoms with Crippen molar-refractivity contribution >= 4 is 11.9 Å². The lowest BCUT2D eigenvalue weighted by Gasteiger charge is -2.25. The van der Waals surface area contributed by atoms with Crippen molar-refractivity contribution < 1.29 is 19.1 Å². The van der Waals surface area contributed by atoms with Gasteiger partial charge in [-0.1, -0.05) is 0 Å². The Balaban J connectivity index is 2.74. The van der Waals surface area contributed by atoms with Crippen LogP contribution in [-0.2, 0) is 19.1 Å². The summed E-state index contributed by atoms with van der Waals surface area (Å²) >= 11 is 0. The highest BCUT2D eigenvalue weighted by molar-refractivity contribution is 6.00. The number of rotatable bonds is 1. The lowest BCUT2D eigenvalue weighted by molar-refractivity contribution is -0.171. The Hall–Kier alpha value is -1.06. The second-order valence-corrected chi connectivity index (χ2v) is 4.72. The Bertz CT molecular complexity index is 264. The molecule has 0 aromatic carbocycles. The van der Waals surface area contributed by atoms with Crippen LogP contribution < -0.4 is 0 Å². The fourth-order valence-corrected chi connectivity index (χ4v) is 1.19.